The lowest BCUT2D eigenvalue weighted by Crippen LogP contribution is -2.64. The monoisotopic (exact) mass is 530 g/mol. The van der Waals surface area contributed by atoms with E-state index in [9.17, 15) is 9.59 Å². The van der Waals surface area contributed by atoms with E-state index < -0.39 is 11.2 Å². The third-order valence-electron chi connectivity index (χ3n) is 7.91. The van der Waals surface area contributed by atoms with Crippen LogP contribution < -0.4 is 10.5 Å². The summed E-state index contributed by atoms with van der Waals surface area (Å²) in [6.45, 7) is 9.15. The van der Waals surface area contributed by atoms with Crippen molar-refractivity contribution in [2.75, 3.05) is 18.0 Å². The molecule has 2 aliphatic carbocycles. The molecule has 0 unspecified atom stereocenters. The number of hydrogen-bond donors (Lipinski definition) is 0. The van der Waals surface area contributed by atoms with Crippen molar-refractivity contribution in [2.24, 2.45) is 0 Å². The van der Waals surface area contributed by atoms with Crippen molar-refractivity contribution in [3.8, 4) is 10.6 Å². The summed E-state index contributed by atoms with van der Waals surface area (Å²) in [7, 11) is 0. The van der Waals surface area contributed by atoms with Crippen LogP contribution in [-0.4, -0.2) is 50.7 Å². The maximum absolute atomic E-state index is 13.2. The summed E-state index contributed by atoms with van der Waals surface area (Å²) in [5.41, 5.74) is 1.36. The molecule has 1 aliphatic heterocycles. The number of fused-ring (bicyclic) bond motifs is 2. The van der Waals surface area contributed by atoms with E-state index >= 15 is 0 Å². The van der Waals surface area contributed by atoms with Crippen LogP contribution in [0.4, 0.5) is 10.6 Å². The smallest absolute Gasteiger partial charge is 0.411 e. The quantitative estimate of drug-likeness (QED) is 0.319. The van der Waals surface area contributed by atoms with Gasteiger partial charge in [-0.3, -0.25) is 4.90 Å². The van der Waals surface area contributed by atoms with E-state index in [4.69, 9.17) is 19.1 Å². The number of aromatic nitrogens is 2. The SMILES string of the molecule is Cc1cccc2sc(-c3cc4ccc(N5CC6(CC6)N(C(=O)OC(C)(C)C)C6(CC6)C5)nc4oc3=O)nc12. The zero-order valence-corrected chi connectivity index (χ0v) is 22.9. The molecule has 4 heterocycles. The van der Waals surface area contributed by atoms with E-state index in [0.717, 1.165) is 52.7 Å². The standard InChI is InChI=1S/C29H30N4O4S/c1-17-6-5-7-20-22(17)31-24(38-20)19-14-18-8-9-21(30-23(18)36-25(19)34)32-15-28(10-11-28)33(29(16-32)12-13-29)26(35)37-27(2,3)4/h5-9,14H,10-13,15-16H2,1-4H3. The molecule has 38 heavy (non-hydrogen) atoms. The summed E-state index contributed by atoms with van der Waals surface area (Å²) < 4.78 is 12.6. The molecule has 1 aromatic carbocycles. The van der Waals surface area contributed by atoms with Crippen molar-refractivity contribution in [3.63, 3.8) is 0 Å². The fraction of sp³-hybridized carbons (Fsp3) is 0.448. The molecule has 3 fully saturated rings. The highest BCUT2D eigenvalue weighted by atomic mass is 32.1. The van der Waals surface area contributed by atoms with Gasteiger partial charge in [0.2, 0.25) is 5.71 Å². The van der Waals surface area contributed by atoms with Crippen LogP contribution in [0.2, 0.25) is 0 Å². The summed E-state index contributed by atoms with van der Waals surface area (Å²) in [6.07, 6.45) is 3.62. The van der Waals surface area contributed by atoms with Crippen molar-refractivity contribution in [2.45, 2.75) is 70.1 Å². The molecule has 1 amide bonds. The van der Waals surface area contributed by atoms with Gasteiger partial charge in [0.15, 0.2) is 0 Å². The van der Waals surface area contributed by atoms with Gasteiger partial charge >= 0.3 is 11.7 Å². The van der Waals surface area contributed by atoms with Crippen LogP contribution >= 0.6 is 11.3 Å². The second-order valence-corrected chi connectivity index (χ2v) is 13.1. The van der Waals surface area contributed by atoms with Crippen LogP contribution in [0.25, 0.3) is 31.9 Å². The van der Waals surface area contributed by atoms with Gasteiger partial charge in [-0.1, -0.05) is 12.1 Å². The lowest BCUT2D eigenvalue weighted by Gasteiger charge is -2.48. The highest BCUT2D eigenvalue weighted by Crippen LogP contribution is 2.57. The predicted molar refractivity (Wildman–Crippen MR) is 148 cm³/mol. The number of carbonyl (C=O) groups is 1. The number of aryl methyl sites for hydroxylation is 1. The molecule has 196 valence electrons. The Morgan fingerprint density at radius 3 is 2.39 bits per heavy atom. The molecule has 9 heteroatoms. The lowest BCUT2D eigenvalue weighted by molar-refractivity contribution is -0.00827. The van der Waals surface area contributed by atoms with E-state index in [1.807, 2.05) is 64.1 Å². The van der Waals surface area contributed by atoms with Gasteiger partial charge in [0.25, 0.3) is 0 Å². The third kappa shape index (κ3) is 3.78. The molecule has 3 aliphatic rings. The molecule has 2 spiro atoms. The molecule has 0 radical (unpaired) electrons. The highest BCUT2D eigenvalue weighted by molar-refractivity contribution is 7.21. The van der Waals surface area contributed by atoms with E-state index in [2.05, 4.69) is 9.80 Å². The molecular formula is C29H30N4O4S. The van der Waals surface area contributed by atoms with Crippen LogP contribution in [0.15, 0.2) is 45.6 Å². The van der Waals surface area contributed by atoms with Gasteiger partial charge in [0.05, 0.1) is 26.9 Å². The second kappa shape index (κ2) is 7.79. The minimum Gasteiger partial charge on any atom is -0.444 e. The number of para-hydroxylation sites is 1. The van der Waals surface area contributed by atoms with Gasteiger partial charge in [0.1, 0.15) is 16.4 Å². The number of thiazole rings is 1. The maximum atomic E-state index is 13.2. The molecule has 3 aromatic heterocycles. The minimum absolute atomic E-state index is 0.206. The number of carbonyl (C=O) groups excluding carboxylic acids is 1. The summed E-state index contributed by atoms with van der Waals surface area (Å²) in [4.78, 5) is 40.0. The fourth-order valence-corrected chi connectivity index (χ4v) is 6.88. The average Bonchev–Trinajstić information content (AvgIpc) is 3.74. The number of amides is 1. The predicted octanol–water partition coefficient (Wildman–Crippen LogP) is 5.90. The number of hydrogen-bond acceptors (Lipinski definition) is 8. The van der Waals surface area contributed by atoms with E-state index in [-0.39, 0.29) is 17.2 Å². The number of ether oxygens (including phenoxy) is 1. The first-order valence-electron chi connectivity index (χ1n) is 13.2. The third-order valence-corrected chi connectivity index (χ3v) is 8.96. The van der Waals surface area contributed by atoms with Gasteiger partial charge < -0.3 is 14.1 Å². The van der Waals surface area contributed by atoms with Crippen molar-refractivity contribution in [3.05, 3.63) is 52.4 Å². The molecule has 7 rings (SSSR count). The summed E-state index contributed by atoms with van der Waals surface area (Å²) in [5, 5.41) is 1.41. The normalized spacial score (nSPS) is 19.5. The minimum atomic E-state index is -0.527. The fourth-order valence-electron chi connectivity index (χ4n) is 5.84. The summed E-state index contributed by atoms with van der Waals surface area (Å²) in [5.74, 6) is 0.769. The molecule has 0 atom stereocenters. The first kappa shape index (κ1) is 23.6. The summed E-state index contributed by atoms with van der Waals surface area (Å²) in [6, 6.07) is 11.8. The van der Waals surface area contributed by atoms with Crippen molar-refractivity contribution >= 4 is 44.6 Å². The van der Waals surface area contributed by atoms with Gasteiger partial charge in [-0.2, -0.15) is 4.98 Å². The Kier molecular flexibility index (Phi) is 4.84. The molecule has 2 saturated carbocycles. The molecule has 8 nitrogen and oxygen atoms in total. The average molecular weight is 531 g/mol. The van der Waals surface area contributed by atoms with Gasteiger partial charge in [0, 0.05) is 18.5 Å². The Balaban J connectivity index is 1.20. The molecule has 4 aromatic rings. The summed E-state index contributed by atoms with van der Waals surface area (Å²) >= 11 is 1.49. The number of piperazine rings is 1. The number of benzene rings is 1. The van der Waals surface area contributed by atoms with Gasteiger partial charge in [-0.15, -0.1) is 11.3 Å². The molecule has 0 N–H and O–H groups in total. The molecule has 1 saturated heterocycles. The first-order chi connectivity index (χ1) is 18.1. The highest BCUT2D eigenvalue weighted by Gasteiger charge is 2.67. The Morgan fingerprint density at radius 2 is 1.76 bits per heavy atom. The van der Waals surface area contributed by atoms with Gasteiger partial charge in [-0.05, 0) is 83.2 Å². The lowest BCUT2D eigenvalue weighted by atomic mass is 10.0. The zero-order chi connectivity index (χ0) is 26.4. The number of pyridine rings is 1. The van der Waals surface area contributed by atoms with Crippen LogP contribution in [0.3, 0.4) is 0 Å². The maximum Gasteiger partial charge on any atom is 0.411 e. The number of nitrogens with zero attached hydrogens (tertiary/aromatic N) is 4. The largest absolute Gasteiger partial charge is 0.444 e. The van der Waals surface area contributed by atoms with Crippen molar-refractivity contribution < 1.29 is 13.9 Å². The van der Waals surface area contributed by atoms with Crippen molar-refractivity contribution in [1.29, 1.82) is 0 Å². The van der Waals surface area contributed by atoms with E-state index in [0.29, 0.717) is 29.4 Å². The van der Waals surface area contributed by atoms with Crippen LogP contribution in [0.5, 0.6) is 0 Å². The Morgan fingerprint density at radius 1 is 1.05 bits per heavy atom. The Bertz CT molecular complexity index is 1650. The van der Waals surface area contributed by atoms with Gasteiger partial charge in [-0.25, -0.2) is 14.6 Å². The number of rotatable bonds is 2. The van der Waals surface area contributed by atoms with E-state index in [1.165, 1.54) is 11.3 Å². The second-order valence-electron chi connectivity index (χ2n) is 12.1. The number of anilines is 1. The Hall–Kier alpha value is -3.46. The van der Waals surface area contributed by atoms with Crippen molar-refractivity contribution in [1.82, 2.24) is 14.9 Å². The zero-order valence-electron chi connectivity index (χ0n) is 22.0. The topological polar surface area (TPSA) is 88.8 Å². The first-order valence-corrected chi connectivity index (χ1v) is 14.0. The van der Waals surface area contributed by atoms with Crippen LogP contribution in [-0.2, 0) is 4.74 Å². The van der Waals surface area contributed by atoms with E-state index in [1.54, 1.807) is 0 Å². The van der Waals surface area contributed by atoms with Crippen LogP contribution in [0, 0.1) is 6.92 Å². The molecule has 0 bridgehead atoms. The van der Waals surface area contributed by atoms with Crippen LogP contribution in [0.1, 0.15) is 52.0 Å². The Labute approximate surface area is 224 Å². The molecular weight excluding hydrogens is 500 g/mol.